The van der Waals surface area contributed by atoms with Crippen molar-refractivity contribution in [3.63, 3.8) is 0 Å². The molecule has 0 amide bonds. The minimum Gasteiger partial charge on any atom is -0.493 e. The van der Waals surface area contributed by atoms with Crippen molar-refractivity contribution in [3.05, 3.63) is 71.7 Å². The van der Waals surface area contributed by atoms with Gasteiger partial charge in [-0.25, -0.2) is 4.99 Å². The van der Waals surface area contributed by atoms with E-state index in [1.54, 1.807) is 25.3 Å². The van der Waals surface area contributed by atoms with Crippen LogP contribution in [0.15, 0.2) is 65.6 Å². The summed E-state index contributed by atoms with van der Waals surface area (Å²) in [5.41, 5.74) is 4.75. The van der Waals surface area contributed by atoms with Crippen LogP contribution >= 0.6 is 0 Å². The summed E-state index contributed by atoms with van der Waals surface area (Å²) in [6.07, 6.45) is -0.663. The summed E-state index contributed by atoms with van der Waals surface area (Å²) in [6.45, 7) is 3.80. The molecule has 0 saturated carbocycles. The first-order valence-corrected chi connectivity index (χ1v) is 9.88. The second-order valence-corrected chi connectivity index (χ2v) is 7.64. The molecule has 1 atom stereocenters. The van der Waals surface area contributed by atoms with Gasteiger partial charge in [0.1, 0.15) is 5.66 Å². The zero-order valence-electron chi connectivity index (χ0n) is 18.0. The van der Waals surface area contributed by atoms with Gasteiger partial charge in [-0.05, 0) is 61.9 Å². The van der Waals surface area contributed by atoms with Crippen LogP contribution in [0.1, 0.15) is 25.0 Å². The number of halogens is 3. The van der Waals surface area contributed by atoms with E-state index in [9.17, 15) is 13.2 Å². The second-order valence-electron chi connectivity index (χ2n) is 7.64. The molecule has 0 aromatic heterocycles. The monoisotopic (exact) mass is 444 g/mol. The number of fused-ring (bicyclic) bond motifs is 1. The number of aliphatic imine (C=N–C) groups is 1. The molecule has 168 valence electrons. The summed E-state index contributed by atoms with van der Waals surface area (Å²) < 4.78 is 49.7. The largest absolute Gasteiger partial charge is 0.493 e. The molecule has 0 saturated heterocycles. The molecule has 0 bridgehead atoms. The van der Waals surface area contributed by atoms with Crippen LogP contribution in [0.2, 0.25) is 0 Å². The highest BCUT2D eigenvalue weighted by molar-refractivity contribution is 5.96. The summed E-state index contributed by atoms with van der Waals surface area (Å²) in [5.74, 6) is 1.82. The number of hydrazine groups is 1. The molecule has 2 aromatic rings. The fourth-order valence-electron chi connectivity index (χ4n) is 3.83. The summed E-state index contributed by atoms with van der Waals surface area (Å²) in [7, 11) is 3.12. The lowest BCUT2D eigenvalue weighted by molar-refractivity contribution is -0.137. The highest BCUT2D eigenvalue weighted by Gasteiger charge is 2.42. The van der Waals surface area contributed by atoms with Crippen LogP contribution in [-0.2, 0) is 6.18 Å². The zero-order chi connectivity index (χ0) is 23.1. The minimum atomic E-state index is -4.39. The van der Waals surface area contributed by atoms with Crippen LogP contribution in [0.4, 0.5) is 18.9 Å². The van der Waals surface area contributed by atoms with Crippen molar-refractivity contribution in [1.29, 1.82) is 0 Å². The number of rotatable bonds is 5. The average Bonchev–Trinajstić information content (AvgIpc) is 3.03. The number of allylic oxidation sites excluding steroid dienone is 1. The number of ether oxygens (including phenoxy) is 2. The standard InChI is InChI=1S/C23H23F3N4O2/c1-14-11-12-30-21(27-14)20(15-5-10-18(31-3)19(13-15)32-4)22(2,29-30)28-17-8-6-16(7-9-17)23(24,25)26/h5-13,28-29H,1-4H3. The lowest BCUT2D eigenvalue weighted by Crippen LogP contribution is -2.50. The van der Waals surface area contributed by atoms with Gasteiger partial charge in [0.15, 0.2) is 17.3 Å². The van der Waals surface area contributed by atoms with Crippen molar-refractivity contribution in [2.45, 2.75) is 25.7 Å². The summed E-state index contributed by atoms with van der Waals surface area (Å²) >= 11 is 0. The Morgan fingerprint density at radius 3 is 2.34 bits per heavy atom. The van der Waals surface area contributed by atoms with Crippen molar-refractivity contribution < 1.29 is 22.6 Å². The van der Waals surface area contributed by atoms with E-state index >= 15 is 0 Å². The van der Waals surface area contributed by atoms with Gasteiger partial charge in [0.05, 0.1) is 19.8 Å². The maximum Gasteiger partial charge on any atom is 0.416 e. The Bertz CT molecular complexity index is 1120. The number of nitrogens with one attached hydrogen (secondary N) is 2. The number of alkyl halides is 3. The van der Waals surface area contributed by atoms with Gasteiger partial charge in [-0.3, -0.25) is 5.01 Å². The molecule has 2 aliphatic rings. The molecule has 2 heterocycles. The van der Waals surface area contributed by atoms with Crippen LogP contribution in [0.25, 0.3) is 5.57 Å². The molecule has 6 nitrogen and oxygen atoms in total. The van der Waals surface area contributed by atoms with Gasteiger partial charge in [0.25, 0.3) is 0 Å². The zero-order valence-corrected chi connectivity index (χ0v) is 18.0. The van der Waals surface area contributed by atoms with Gasteiger partial charge < -0.3 is 14.8 Å². The van der Waals surface area contributed by atoms with Gasteiger partial charge in [-0.15, -0.1) is 0 Å². The summed E-state index contributed by atoms with van der Waals surface area (Å²) in [4.78, 5) is 4.70. The van der Waals surface area contributed by atoms with Crippen molar-refractivity contribution >= 4 is 17.0 Å². The lowest BCUT2D eigenvalue weighted by atomic mass is 9.94. The summed E-state index contributed by atoms with van der Waals surface area (Å²) in [5, 5.41) is 5.12. The van der Waals surface area contributed by atoms with E-state index in [4.69, 9.17) is 14.5 Å². The first-order valence-electron chi connectivity index (χ1n) is 9.88. The predicted molar refractivity (Wildman–Crippen MR) is 117 cm³/mol. The maximum atomic E-state index is 13.0. The lowest BCUT2D eigenvalue weighted by Gasteiger charge is -2.31. The normalized spacial score (nSPS) is 20.2. The number of hydrogen-bond acceptors (Lipinski definition) is 6. The Balaban J connectivity index is 1.78. The van der Waals surface area contributed by atoms with E-state index in [0.29, 0.717) is 23.0 Å². The number of anilines is 1. The first kappa shape index (κ1) is 21.8. The molecule has 2 N–H and O–H groups in total. The minimum absolute atomic E-state index is 0.524. The molecular formula is C23H23F3N4O2. The third-order valence-corrected chi connectivity index (χ3v) is 5.32. The fourth-order valence-corrected chi connectivity index (χ4v) is 3.83. The second kappa shape index (κ2) is 7.90. The Kier molecular flexibility index (Phi) is 5.37. The number of hydrogen-bond donors (Lipinski definition) is 2. The van der Waals surface area contributed by atoms with E-state index < -0.39 is 17.4 Å². The molecule has 2 aromatic carbocycles. The van der Waals surface area contributed by atoms with Gasteiger partial charge in [-0.2, -0.15) is 18.6 Å². The Morgan fingerprint density at radius 2 is 1.72 bits per heavy atom. The smallest absolute Gasteiger partial charge is 0.416 e. The number of nitrogens with zero attached hydrogens (tertiary/aromatic N) is 2. The van der Waals surface area contributed by atoms with Crippen molar-refractivity contribution in [2.24, 2.45) is 4.99 Å². The summed E-state index contributed by atoms with van der Waals surface area (Å²) in [6, 6.07) is 10.5. The fraction of sp³-hybridized carbons (Fsp3) is 0.261. The number of benzene rings is 2. The molecule has 1 unspecified atom stereocenters. The van der Waals surface area contributed by atoms with E-state index in [-0.39, 0.29) is 0 Å². The Labute approximate surface area is 184 Å². The third kappa shape index (κ3) is 3.91. The van der Waals surface area contributed by atoms with Gasteiger partial charge in [-0.1, -0.05) is 6.07 Å². The molecule has 32 heavy (non-hydrogen) atoms. The molecule has 0 spiro atoms. The van der Waals surface area contributed by atoms with E-state index in [1.807, 2.05) is 38.3 Å². The maximum absolute atomic E-state index is 13.0. The van der Waals surface area contributed by atoms with E-state index in [1.165, 1.54) is 12.1 Å². The average molecular weight is 444 g/mol. The highest BCUT2D eigenvalue weighted by Crippen LogP contribution is 2.42. The topological polar surface area (TPSA) is 58.1 Å². The van der Waals surface area contributed by atoms with Crippen molar-refractivity contribution in [2.75, 3.05) is 19.5 Å². The predicted octanol–water partition coefficient (Wildman–Crippen LogP) is 5.03. The van der Waals surface area contributed by atoms with Crippen LogP contribution in [0.3, 0.4) is 0 Å². The Morgan fingerprint density at radius 1 is 1.03 bits per heavy atom. The molecular weight excluding hydrogens is 421 g/mol. The highest BCUT2D eigenvalue weighted by atomic mass is 19.4. The van der Waals surface area contributed by atoms with Crippen LogP contribution in [-0.4, -0.2) is 30.6 Å². The molecule has 0 radical (unpaired) electrons. The molecule has 2 aliphatic heterocycles. The van der Waals surface area contributed by atoms with E-state index in [0.717, 1.165) is 29.0 Å². The SMILES string of the molecule is COc1ccc(C2=C3N=C(C)C=CN3NC2(C)Nc2ccc(C(F)(F)F)cc2)cc1OC. The first-order chi connectivity index (χ1) is 15.1. The van der Waals surface area contributed by atoms with Crippen molar-refractivity contribution in [1.82, 2.24) is 10.4 Å². The molecule has 0 aliphatic carbocycles. The van der Waals surface area contributed by atoms with Crippen LogP contribution in [0.5, 0.6) is 11.5 Å². The third-order valence-electron chi connectivity index (χ3n) is 5.32. The molecule has 9 heteroatoms. The van der Waals surface area contributed by atoms with Gasteiger partial charge in [0, 0.05) is 23.2 Å². The quantitative estimate of drug-likeness (QED) is 0.678. The van der Waals surface area contributed by atoms with Gasteiger partial charge in [0.2, 0.25) is 0 Å². The van der Waals surface area contributed by atoms with Gasteiger partial charge >= 0.3 is 6.18 Å². The molecule has 4 rings (SSSR count). The molecule has 0 fully saturated rings. The van der Waals surface area contributed by atoms with Crippen LogP contribution in [0, 0.1) is 0 Å². The van der Waals surface area contributed by atoms with E-state index in [2.05, 4.69) is 10.7 Å². The Hall–Kier alpha value is -3.46. The van der Waals surface area contributed by atoms with Crippen molar-refractivity contribution in [3.8, 4) is 11.5 Å². The number of methoxy groups -OCH3 is 2. The van der Waals surface area contributed by atoms with Crippen LogP contribution < -0.4 is 20.2 Å².